The molecular weight excluding hydrogens is 222 g/mol. The van der Waals surface area contributed by atoms with Gasteiger partial charge in [0.1, 0.15) is 0 Å². The fraction of sp³-hybridized carbons (Fsp3) is 0.333. The van der Waals surface area contributed by atoms with Crippen molar-refractivity contribution in [2.24, 2.45) is 0 Å². The topological polar surface area (TPSA) is 51.8 Å². The number of hydrogen-bond donors (Lipinski definition) is 1. The van der Waals surface area contributed by atoms with Gasteiger partial charge in [0.2, 0.25) is 0 Å². The summed E-state index contributed by atoms with van der Waals surface area (Å²) in [5.74, 6) is 1.18. The lowest BCUT2D eigenvalue weighted by Crippen LogP contribution is -2.00. The second kappa shape index (κ2) is 4.77. The van der Waals surface area contributed by atoms with E-state index < -0.39 is 0 Å². The van der Waals surface area contributed by atoms with E-state index in [0.717, 1.165) is 34.0 Å². The third-order valence-corrected chi connectivity index (χ3v) is 2.99. The van der Waals surface area contributed by atoms with Gasteiger partial charge in [-0.15, -0.1) is 0 Å². The van der Waals surface area contributed by atoms with Gasteiger partial charge in [0, 0.05) is 22.6 Å². The van der Waals surface area contributed by atoms with Crippen molar-refractivity contribution < 1.29 is 0 Å². The smallest absolute Gasteiger partial charge is 0.159 e. The number of nitrogen functional groups attached to an aromatic ring is 1. The van der Waals surface area contributed by atoms with Gasteiger partial charge in [-0.2, -0.15) is 0 Å². The first-order chi connectivity index (χ1) is 8.47. The van der Waals surface area contributed by atoms with E-state index in [9.17, 15) is 0 Å². The lowest BCUT2D eigenvalue weighted by atomic mass is 10.1. The maximum Gasteiger partial charge on any atom is 0.159 e. The fourth-order valence-corrected chi connectivity index (χ4v) is 1.83. The molecule has 94 valence electrons. The van der Waals surface area contributed by atoms with E-state index >= 15 is 0 Å². The summed E-state index contributed by atoms with van der Waals surface area (Å²) in [5.41, 5.74) is 10.8. The highest BCUT2D eigenvalue weighted by Gasteiger charge is 2.08. The highest BCUT2D eigenvalue weighted by molar-refractivity contribution is 5.62. The Hall–Kier alpha value is -1.90. The SMILES string of the molecule is Cc1cc(C(C)C)nc(-c2ccc(N)c(C)c2)n1. The van der Waals surface area contributed by atoms with E-state index in [-0.39, 0.29) is 0 Å². The molecule has 3 heteroatoms. The molecule has 0 saturated carbocycles. The van der Waals surface area contributed by atoms with Crippen LogP contribution in [-0.4, -0.2) is 9.97 Å². The molecule has 1 aromatic heterocycles. The van der Waals surface area contributed by atoms with E-state index in [0.29, 0.717) is 5.92 Å². The van der Waals surface area contributed by atoms with Crippen LogP contribution in [0.1, 0.15) is 36.7 Å². The van der Waals surface area contributed by atoms with Gasteiger partial charge in [-0.1, -0.05) is 13.8 Å². The molecule has 1 aromatic carbocycles. The van der Waals surface area contributed by atoms with Crippen LogP contribution in [0.4, 0.5) is 5.69 Å². The number of rotatable bonds is 2. The summed E-state index contributed by atoms with van der Waals surface area (Å²) in [4.78, 5) is 9.13. The average Bonchev–Trinajstić information content (AvgIpc) is 2.31. The Balaban J connectivity index is 2.53. The number of hydrogen-bond acceptors (Lipinski definition) is 3. The minimum absolute atomic E-state index is 0.403. The first kappa shape index (κ1) is 12.6. The Morgan fingerprint density at radius 2 is 1.78 bits per heavy atom. The molecule has 2 N–H and O–H groups in total. The Morgan fingerprint density at radius 3 is 2.39 bits per heavy atom. The van der Waals surface area contributed by atoms with Crippen molar-refractivity contribution in [1.82, 2.24) is 9.97 Å². The van der Waals surface area contributed by atoms with Crippen LogP contribution in [0.2, 0.25) is 0 Å². The molecule has 0 saturated heterocycles. The molecule has 18 heavy (non-hydrogen) atoms. The van der Waals surface area contributed by atoms with Crippen molar-refractivity contribution in [2.45, 2.75) is 33.6 Å². The van der Waals surface area contributed by atoms with Crippen LogP contribution < -0.4 is 5.73 Å². The Morgan fingerprint density at radius 1 is 1.06 bits per heavy atom. The van der Waals surface area contributed by atoms with Crippen LogP contribution in [-0.2, 0) is 0 Å². The zero-order chi connectivity index (χ0) is 13.3. The average molecular weight is 241 g/mol. The quantitative estimate of drug-likeness (QED) is 0.819. The number of anilines is 1. The molecule has 0 atom stereocenters. The minimum Gasteiger partial charge on any atom is -0.399 e. The first-order valence-electron chi connectivity index (χ1n) is 6.19. The summed E-state index contributed by atoms with van der Waals surface area (Å²) in [5, 5.41) is 0. The lowest BCUT2D eigenvalue weighted by molar-refractivity contribution is 0.812. The standard InChI is InChI=1S/C15H19N3/c1-9(2)14-8-11(4)17-15(18-14)12-5-6-13(16)10(3)7-12/h5-9H,16H2,1-4H3. The number of nitrogens with zero attached hydrogens (tertiary/aromatic N) is 2. The molecule has 3 nitrogen and oxygen atoms in total. The maximum absolute atomic E-state index is 5.83. The van der Waals surface area contributed by atoms with E-state index in [1.807, 2.05) is 38.1 Å². The first-order valence-corrected chi connectivity index (χ1v) is 6.19. The van der Waals surface area contributed by atoms with Crippen LogP contribution in [0.5, 0.6) is 0 Å². The fourth-order valence-electron chi connectivity index (χ4n) is 1.83. The third-order valence-electron chi connectivity index (χ3n) is 2.99. The van der Waals surface area contributed by atoms with E-state index in [4.69, 9.17) is 5.73 Å². The summed E-state index contributed by atoms with van der Waals surface area (Å²) in [6.45, 7) is 8.28. The van der Waals surface area contributed by atoms with Gasteiger partial charge < -0.3 is 5.73 Å². The highest BCUT2D eigenvalue weighted by Crippen LogP contribution is 2.22. The van der Waals surface area contributed by atoms with Gasteiger partial charge in [0.05, 0.1) is 0 Å². The second-order valence-electron chi connectivity index (χ2n) is 4.98. The van der Waals surface area contributed by atoms with Crippen LogP contribution in [0.15, 0.2) is 24.3 Å². The largest absolute Gasteiger partial charge is 0.399 e. The molecule has 2 aromatic rings. The number of nitrogens with two attached hydrogens (primary N) is 1. The lowest BCUT2D eigenvalue weighted by Gasteiger charge is -2.09. The van der Waals surface area contributed by atoms with Crippen molar-refractivity contribution in [3.8, 4) is 11.4 Å². The van der Waals surface area contributed by atoms with Gasteiger partial charge in [-0.05, 0) is 49.6 Å². The molecule has 0 unspecified atom stereocenters. The van der Waals surface area contributed by atoms with Crippen LogP contribution in [0, 0.1) is 13.8 Å². The van der Waals surface area contributed by atoms with Crippen LogP contribution >= 0.6 is 0 Å². The summed E-state index contributed by atoms with van der Waals surface area (Å²) in [6.07, 6.45) is 0. The normalized spacial score (nSPS) is 10.9. The number of benzene rings is 1. The number of aromatic nitrogens is 2. The Bertz CT molecular complexity index is 574. The molecule has 0 aliphatic rings. The predicted molar refractivity (Wildman–Crippen MR) is 75.4 cm³/mol. The van der Waals surface area contributed by atoms with Crippen molar-refractivity contribution in [3.05, 3.63) is 41.2 Å². The maximum atomic E-state index is 5.83. The van der Waals surface area contributed by atoms with Gasteiger partial charge in [-0.25, -0.2) is 9.97 Å². The molecular formula is C15H19N3. The second-order valence-corrected chi connectivity index (χ2v) is 4.98. The molecule has 0 bridgehead atoms. The monoisotopic (exact) mass is 241 g/mol. The van der Waals surface area contributed by atoms with Gasteiger partial charge in [0.15, 0.2) is 5.82 Å². The Kier molecular flexibility index (Phi) is 3.32. The van der Waals surface area contributed by atoms with E-state index in [1.54, 1.807) is 0 Å². The minimum atomic E-state index is 0.403. The summed E-state index contributed by atoms with van der Waals surface area (Å²) >= 11 is 0. The zero-order valence-corrected chi connectivity index (χ0v) is 11.4. The van der Waals surface area contributed by atoms with Crippen molar-refractivity contribution in [2.75, 3.05) is 5.73 Å². The predicted octanol–water partition coefficient (Wildman–Crippen LogP) is 3.47. The van der Waals surface area contributed by atoms with Crippen molar-refractivity contribution in [3.63, 3.8) is 0 Å². The zero-order valence-electron chi connectivity index (χ0n) is 11.4. The Labute approximate surface area is 108 Å². The highest BCUT2D eigenvalue weighted by atomic mass is 14.9. The molecule has 0 amide bonds. The van der Waals surface area contributed by atoms with Gasteiger partial charge in [-0.3, -0.25) is 0 Å². The summed E-state index contributed by atoms with van der Waals surface area (Å²) < 4.78 is 0. The van der Waals surface area contributed by atoms with Gasteiger partial charge in [0.25, 0.3) is 0 Å². The molecule has 0 spiro atoms. The van der Waals surface area contributed by atoms with Crippen molar-refractivity contribution >= 4 is 5.69 Å². The molecule has 0 fully saturated rings. The summed E-state index contributed by atoms with van der Waals surface area (Å²) in [7, 11) is 0. The molecule has 0 aliphatic carbocycles. The molecule has 0 radical (unpaired) electrons. The van der Waals surface area contributed by atoms with E-state index in [2.05, 4.69) is 23.8 Å². The number of aryl methyl sites for hydroxylation is 2. The molecule has 2 rings (SSSR count). The van der Waals surface area contributed by atoms with Crippen LogP contribution in [0.25, 0.3) is 11.4 Å². The molecule has 0 aliphatic heterocycles. The van der Waals surface area contributed by atoms with Crippen molar-refractivity contribution in [1.29, 1.82) is 0 Å². The van der Waals surface area contributed by atoms with Crippen LogP contribution in [0.3, 0.4) is 0 Å². The summed E-state index contributed by atoms with van der Waals surface area (Å²) in [6, 6.07) is 7.96. The van der Waals surface area contributed by atoms with E-state index in [1.165, 1.54) is 0 Å². The molecule has 1 heterocycles. The third kappa shape index (κ3) is 2.50. The van der Waals surface area contributed by atoms with Gasteiger partial charge >= 0.3 is 0 Å².